The van der Waals surface area contributed by atoms with Crippen LogP contribution in [-0.2, 0) is 0 Å². The molecule has 5 aromatic rings. The normalized spacial score (nSPS) is 18.5. The largest absolute Gasteiger partial charge is 0.386 e. The van der Waals surface area contributed by atoms with Crippen molar-refractivity contribution >= 4 is 42.7 Å². The Kier molecular flexibility index (Phi) is 6.86. The van der Waals surface area contributed by atoms with E-state index in [4.69, 9.17) is 0 Å². The van der Waals surface area contributed by atoms with Crippen molar-refractivity contribution in [2.24, 2.45) is 0 Å². The molecular formula is C37H34N4Si. The van der Waals surface area contributed by atoms with Crippen LogP contribution >= 0.6 is 0 Å². The molecule has 4 nitrogen and oxygen atoms in total. The quantitative estimate of drug-likeness (QED) is 0.200. The second-order valence-electron chi connectivity index (χ2n) is 10.8. The van der Waals surface area contributed by atoms with Crippen molar-refractivity contribution in [2.75, 3.05) is 19.0 Å². The molecule has 0 saturated heterocycles. The number of hydrogen-bond acceptors (Lipinski definition) is 4. The van der Waals surface area contributed by atoms with Crippen molar-refractivity contribution in [3.05, 3.63) is 170 Å². The lowest BCUT2D eigenvalue weighted by atomic mass is 10.0. The van der Waals surface area contributed by atoms with Gasteiger partial charge in [0.25, 0.3) is 0 Å². The van der Waals surface area contributed by atoms with Crippen LogP contribution in [0.25, 0.3) is 0 Å². The maximum atomic E-state index is 3.86. The summed E-state index contributed by atoms with van der Waals surface area (Å²) in [5.41, 5.74) is 7.16. The Labute approximate surface area is 249 Å². The molecule has 1 N–H and O–H groups in total. The molecule has 0 fully saturated rings. The lowest BCUT2D eigenvalue weighted by Crippen LogP contribution is -2.73. The molecule has 0 spiro atoms. The van der Waals surface area contributed by atoms with Crippen LogP contribution < -0.4 is 19.0 Å². The summed E-state index contributed by atoms with van der Waals surface area (Å²) in [4.78, 5) is 0. The lowest BCUT2D eigenvalue weighted by Gasteiger charge is -2.52. The third-order valence-electron chi connectivity index (χ3n) is 8.24. The fourth-order valence-electron chi connectivity index (χ4n) is 6.53. The highest BCUT2D eigenvalue weighted by Gasteiger charge is 2.58. The molecule has 1 aliphatic carbocycles. The molecule has 2 aliphatic rings. The molecule has 5 heteroatoms. The number of allylic oxidation sites excluding steroid dienone is 2. The predicted molar refractivity (Wildman–Crippen MR) is 180 cm³/mol. The van der Waals surface area contributed by atoms with Crippen molar-refractivity contribution in [1.29, 1.82) is 0 Å². The number of fused-ring (bicyclic) bond motifs is 1. The van der Waals surface area contributed by atoms with Gasteiger partial charge >= 0.3 is 8.56 Å². The molecule has 42 heavy (non-hydrogen) atoms. The molecule has 7 rings (SSSR count). The van der Waals surface area contributed by atoms with Crippen molar-refractivity contribution in [3.8, 4) is 0 Å². The Morgan fingerprint density at radius 3 is 1.55 bits per heavy atom. The minimum atomic E-state index is -2.87. The first-order valence-corrected chi connectivity index (χ1v) is 16.9. The molecule has 0 radical (unpaired) electrons. The van der Waals surface area contributed by atoms with E-state index in [1.807, 2.05) is 0 Å². The van der Waals surface area contributed by atoms with E-state index in [1.165, 1.54) is 28.4 Å². The van der Waals surface area contributed by atoms with Crippen LogP contribution in [0.1, 0.15) is 0 Å². The van der Waals surface area contributed by atoms with E-state index in [9.17, 15) is 0 Å². The number of para-hydroxylation sites is 6. The second kappa shape index (κ2) is 11.1. The maximum absolute atomic E-state index is 3.86. The summed E-state index contributed by atoms with van der Waals surface area (Å²) in [6, 6.07) is 52.2. The van der Waals surface area contributed by atoms with Crippen molar-refractivity contribution < 1.29 is 0 Å². The third-order valence-corrected chi connectivity index (χ3v) is 12.4. The van der Waals surface area contributed by atoms with E-state index in [1.54, 1.807) is 0 Å². The van der Waals surface area contributed by atoms with Gasteiger partial charge in [0.15, 0.2) is 0 Å². The summed E-state index contributed by atoms with van der Waals surface area (Å²) < 4.78 is 7.98. The van der Waals surface area contributed by atoms with Crippen LogP contribution in [-0.4, -0.2) is 20.6 Å². The van der Waals surface area contributed by atoms with Crippen molar-refractivity contribution in [2.45, 2.75) is 18.6 Å². The Morgan fingerprint density at radius 2 is 1.00 bits per heavy atom. The van der Waals surface area contributed by atoms with Gasteiger partial charge in [-0.3, -0.25) is 0 Å². The molecule has 0 bridgehead atoms. The van der Waals surface area contributed by atoms with E-state index in [0.717, 1.165) is 5.69 Å². The second-order valence-corrected chi connectivity index (χ2v) is 14.1. The highest BCUT2D eigenvalue weighted by atomic mass is 28.4. The summed E-state index contributed by atoms with van der Waals surface area (Å²) in [5, 5.41) is 3.86. The van der Waals surface area contributed by atoms with Gasteiger partial charge < -0.3 is 19.0 Å². The van der Waals surface area contributed by atoms with Gasteiger partial charge in [-0.2, -0.15) is 0 Å². The van der Waals surface area contributed by atoms with Gasteiger partial charge in [-0.05, 0) is 67.2 Å². The van der Waals surface area contributed by atoms with Crippen LogP contribution in [0, 0.1) is 0 Å². The highest BCUT2D eigenvalue weighted by Crippen LogP contribution is 2.53. The summed E-state index contributed by atoms with van der Waals surface area (Å²) in [6.45, 7) is 2.49. The minimum Gasteiger partial charge on any atom is -0.376 e. The summed E-state index contributed by atoms with van der Waals surface area (Å²) in [7, 11) is -2.87. The summed E-state index contributed by atoms with van der Waals surface area (Å²) >= 11 is 0. The average Bonchev–Trinajstić information content (AvgIpc) is 3.32. The van der Waals surface area contributed by atoms with Gasteiger partial charge in [-0.1, -0.05) is 109 Å². The van der Waals surface area contributed by atoms with Crippen LogP contribution in [0.15, 0.2) is 170 Å². The molecule has 1 heterocycles. The summed E-state index contributed by atoms with van der Waals surface area (Å²) in [6.07, 6.45) is 9.02. The average molecular weight is 563 g/mol. The van der Waals surface area contributed by atoms with E-state index in [0.29, 0.717) is 0 Å². The zero-order valence-corrected chi connectivity index (χ0v) is 24.7. The smallest absolute Gasteiger partial charge is 0.376 e. The number of nitrogens with zero attached hydrogens (tertiary/aromatic N) is 3. The first-order valence-electron chi connectivity index (χ1n) is 14.6. The standard InChI is InChI=1S/C37H34N4Si/c1-42(39(31-20-8-3-9-21-31)35-27-15-14-26-34(35)38-30-18-6-2-7-19-30)40(32-22-10-4-11-23-32)36-28-16-17-29-37(36)41(42)33-24-12-5-13-25-33/h2-29,34-35,38H,1H3. The Bertz CT molecular complexity index is 1620. The monoisotopic (exact) mass is 562 g/mol. The maximum Gasteiger partial charge on any atom is 0.386 e. The van der Waals surface area contributed by atoms with Crippen LogP contribution in [0.4, 0.5) is 34.1 Å². The summed E-state index contributed by atoms with van der Waals surface area (Å²) in [5.74, 6) is 0. The number of nitrogens with one attached hydrogen (secondary N) is 1. The van der Waals surface area contributed by atoms with E-state index in [-0.39, 0.29) is 12.1 Å². The Balaban J connectivity index is 1.48. The molecule has 0 amide bonds. The van der Waals surface area contributed by atoms with Gasteiger partial charge in [0.1, 0.15) is 0 Å². The molecular weight excluding hydrogens is 529 g/mol. The van der Waals surface area contributed by atoms with Gasteiger partial charge in [-0.15, -0.1) is 0 Å². The molecule has 206 valence electrons. The topological polar surface area (TPSA) is 21.8 Å². The number of benzene rings is 5. The minimum absolute atomic E-state index is 0.0426. The third kappa shape index (κ3) is 4.48. The SMILES string of the molecule is C[Si]1(N(c2ccccc2)C2C=CC=CC2Nc2ccccc2)N(c2ccccc2)c2ccccc2N1c1ccccc1. The molecule has 0 aromatic heterocycles. The first kappa shape index (κ1) is 25.9. The molecule has 1 aliphatic heterocycles. The van der Waals surface area contributed by atoms with Crippen molar-refractivity contribution in [3.63, 3.8) is 0 Å². The van der Waals surface area contributed by atoms with E-state index in [2.05, 4.69) is 195 Å². The van der Waals surface area contributed by atoms with Crippen LogP contribution in [0.2, 0.25) is 6.55 Å². The number of hydrogen-bond donors (Lipinski definition) is 1. The molecule has 0 saturated carbocycles. The Hall–Kier alpha value is -5.00. The first-order chi connectivity index (χ1) is 20.7. The van der Waals surface area contributed by atoms with Gasteiger partial charge in [0.2, 0.25) is 0 Å². The van der Waals surface area contributed by atoms with E-state index < -0.39 is 8.56 Å². The molecule has 5 aromatic carbocycles. The Morgan fingerprint density at radius 1 is 0.548 bits per heavy atom. The fourth-order valence-corrected chi connectivity index (χ4v) is 11.2. The highest BCUT2D eigenvalue weighted by molar-refractivity contribution is 6.92. The molecule has 2 unspecified atom stereocenters. The number of rotatable bonds is 7. The van der Waals surface area contributed by atoms with E-state index >= 15 is 0 Å². The van der Waals surface area contributed by atoms with Gasteiger partial charge in [0.05, 0.1) is 23.5 Å². The van der Waals surface area contributed by atoms with Crippen LogP contribution in [0.3, 0.4) is 0 Å². The van der Waals surface area contributed by atoms with Gasteiger partial charge in [-0.25, -0.2) is 0 Å². The van der Waals surface area contributed by atoms with Crippen LogP contribution in [0.5, 0.6) is 0 Å². The number of anilines is 6. The molecule has 2 atom stereocenters. The van der Waals surface area contributed by atoms with Gasteiger partial charge in [0, 0.05) is 22.7 Å². The zero-order chi connectivity index (χ0) is 28.4. The van der Waals surface area contributed by atoms with Crippen molar-refractivity contribution in [1.82, 2.24) is 0 Å². The zero-order valence-electron chi connectivity index (χ0n) is 23.7. The fraction of sp³-hybridized carbons (Fsp3) is 0.0811. The lowest BCUT2D eigenvalue weighted by molar-refractivity contribution is 0.720. The predicted octanol–water partition coefficient (Wildman–Crippen LogP) is 9.03.